The van der Waals surface area contributed by atoms with Gasteiger partial charge in [-0.1, -0.05) is 15.9 Å². The Balaban J connectivity index is 0.00000243. The highest BCUT2D eigenvalue weighted by Gasteiger charge is 2.30. The number of nitrogens with one attached hydrogen (secondary N) is 1. The summed E-state index contributed by atoms with van der Waals surface area (Å²) in [6.07, 6.45) is 1.15. The summed E-state index contributed by atoms with van der Waals surface area (Å²) in [5.41, 5.74) is 0.860. The number of guanidine groups is 1. The van der Waals surface area contributed by atoms with E-state index in [2.05, 4.69) is 38.0 Å². The molecule has 0 spiro atoms. The molecule has 1 atom stereocenters. The Morgan fingerprint density at radius 3 is 2.85 bits per heavy atom. The molecule has 3 rings (SSSR count). The highest BCUT2D eigenvalue weighted by molar-refractivity contribution is 14.0. The predicted molar refractivity (Wildman–Crippen MR) is 117 cm³/mol. The maximum absolute atomic E-state index is 13.5. The van der Waals surface area contributed by atoms with Crippen molar-refractivity contribution in [3.05, 3.63) is 34.1 Å². The van der Waals surface area contributed by atoms with E-state index in [0.29, 0.717) is 12.6 Å². The molecule has 1 unspecified atom stereocenters. The van der Waals surface area contributed by atoms with Crippen LogP contribution in [0.2, 0.25) is 0 Å². The van der Waals surface area contributed by atoms with Gasteiger partial charge in [0.15, 0.2) is 5.96 Å². The van der Waals surface area contributed by atoms with Crippen molar-refractivity contribution in [1.29, 1.82) is 0 Å². The average Bonchev–Trinajstić information content (AvgIpc) is 3.12. The van der Waals surface area contributed by atoms with Crippen molar-refractivity contribution >= 4 is 45.9 Å². The molecule has 5 nitrogen and oxygen atoms in total. The summed E-state index contributed by atoms with van der Waals surface area (Å²) in [7, 11) is 0. The highest BCUT2D eigenvalue weighted by atomic mass is 127. The lowest BCUT2D eigenvalue weighted by Crippen LogP contribution is -2.46. The molecule has 0 aliphatic carbocycles. The van der Waals surface area contributed by atoms with Gasteiger partial charge in [-0.25, -0.2) is 9.38 Å². The summed E-state index contributed by atoms with van der Waals surface area (Å²) in [5, 5.41) is 3.38. The van der Waals surface area contributed by atoms with Gasteiger partial charge in [0.2, 0.25) is 0 Å². The average molecular weight is 541 g/mol. The maximum atomic E-state index is 13.5. The van der Waals surface area contributed by atoms with Gasteiger partial charge in [-0.05, 0) is 37.1 Å². The van der Waals surface area contributed by atoms with Gasteiger partial charge in [-0.3, -0.25) is 4.90 Å². The molecular formula is C18H27BrFIN4O. The zero-order chi connectivity index (χ0) is 17.6. The summed E-state index contributed by atoms with van der Waals surface area (Å²) in [4.78, 5) is 9.58. The predicted octanol–water partition coefficient (Wildman–Crippen LogP) is 3.08. The number of benzene rings is 1. The first-order valence-electron chi connectivity index (χ1n) is 8.96. The van der Waals surface area contributed by atoms with E-state index in [0.717, 1.165) is 68.4 Å². The van der Waals surface area contributed by atoms with Crippen LogP contribution in [-0.4, -0.2) is 67.7 Å². The van der Waals surface area contributed by atoms with Crippen molar-refractivity contribution in [2.45, 2.75) is 25.9 Å². The van der Waals surface area contributed by atoms with Gasteiger partial charge < -0.3 is 15.0 Å². The smallest absolute Gasteiger partial charge is 0.194 e. The van der Waals surface area contributed by atoms with Crippen LogP contribution < -0.4 is 5.32 Å². The number of ether oxygens (including phenoxy) is 1. The Morgan fingerprint density at radius 2 is 2.12 bits per heavy atom. The van der Waals surface area contributed by atoms with Gasteiger partial charge >= 0.3 is 0 Å². The molecule has 26 heavy (non-hydrogen) atoms. The number of hydrogen-bond donors (Lipinski definition) is 1. The quantitative estimate of drug-likeness (QED) is 0.362. The van der Waals surface area contributed by atoms with Crippen LogP contribution >= 0.6 is 39.9 Å². The summed E-state index contributed by atoms with van der Waals surface area (Å²) < 4.78 is 19.8. The molecule has 0 saturated carbocycles. The first kappa shape index (κ1) is 21.8. The van der Waals surface area contributed by atoms with E-state index >= 15 is 0 Å². The first-order valence-corrected chi connectivity index (χ1v) is 9.75. The number of aliphatic imine (C=N–C) groups is 1. The fourth-order valence-electron chi connectivity index (χ4n) is 3.43. The van der Waals surface area contributed by atoms with Crippen LogP contribution in [0.3, 0.4) is 0 Å². The monoisotopic (exact) mass is 540 g/mol. The van der Waals surface area contributed by atoms with Crippen molar-refractivity contribution in [3.63, 3.8) is 0 Å². The highest BCUT2D eigenvalue weighted by Crippen LogP contribution is 2.20. The van der Waals surface area contributed by atoms with Gasteiger partial charge in [0.05, 0.1) is 19.8 Å². The number of rotatable bonds is 4. The van der Waals surface area contributed by atoms with Crippen LogP contribution in [0.1, 0.15) is 18.9 Å². The second-order valence-electron chi connectivity index (χ2n) is 6.44. The van der Waals surface area contributed by atoms with Gasteiger partial charge in [0.25, 0.3) is 0 Å². The molecule has 0 aromatic heterocycles. The van der Waals surface area contributed by atoms with Gasteiger partial charge in [-0.2, -0.15) is 0 Å². The second kappa shape index (κ2) is 10.8. The Morgan fingerprint density at radius 1 is 1.35 bits per heavy atom. The summed E-state index contributed by atoms with van der Waals surface area (Å²) >= 11 is 3.48. The van der Waals surface area contributed by atoms with E-state index in [4.69, 9.17) is 9.73 Å². The van der Waals surface area contributed by atoms with Crippen molar-refractivity contribution in [3.8, 4) is 0 Å². The van der Waals surface area contributed by atoms with E-state index in [-0.39, 0.29) is 29.8 Å². The van der Waals surface area contributed by atoms with E-state index in [1.807, 2.05) is 0 Å². The Hall–Kier alpha value is -0.450. The van der Waals surface area contributed by atoms with E-state index in [1.165, 1.54) is 12.1 Å². The van der Waals surface area contributed by atoms with Crippen molar-refractivity contribution in [1.82, 2.24) is 15.1 Å². The summed E-state index contributed by atoms with van der Waals surface area (Å²) in [6.45, 7) is 9.03. The van der Waals surface area contributed by atoms with Crippen molar-refractivity contribution in [2.24, 2.45) is 4.99 Å². The molecule has 1 aromatic carbocycles. The molecule has 1 N–H and O–H groups in total. The molecule has 1 aromatic rings. The Kier molecular flexibility index (Phi) is 9.05. The molecule has 0 radical (unpaired) electrons. The van der Waals surface area contributed by atoms with Crippen LogP contribution in [-0.2, 0) is 11.3 Å². The fourth-order valence-corrected chi connectivity index (χ4v) is 3.80. The number of hydrogen-bond acceptors (Lipinski definition) is 3. The molecule has 0 bridgehead atoms. The molecule has 2 aliphatic heterocycles. The first-order chi connectivity index (χ1) is 12.2. The van der Waals surface area contributed by atoms with Crippen molar-refractivity contribution < 1.29 is 9.13 Å². The third-order valence-corrected chi connectivity index (χ3v) is 5.54. The van der Waals surface area contributed by atoms with Crippen molar-refractivity contribution in [2.75, 3.05) is 45.9 Å². The maximum Gasteiger partial charge on any atom is 0.194 e. The van der Waals surface area contributed by atoms with Crippen LogP contribution in [0.5, 0.6) is 0 Å². The molecule has 8 heteroatoms. The van der Waals surface area contributed by atoms with Crippen LogP contribution in [0.15, 0.2) is 27.7 Å². The van der Waals surface area contributed by atoms with E-state index in [9.17, 15) is 4.39 Å². The summed E-state index contributed by atoms with van der Waals surface area (Å²) in [5.74, 6) is 0.682. The minimum Gasteiger partial charge on any atom is -0.379 e. The van der Waals surface area contributed by atoms with Crippen LogP contribution in [0.25, 0.3) is 0 Å². The van der Waals surface area contributed by atoms with Crippen LogP contribution in [0.4, 0.5) is 4.39 Å². The summed E-state index contributed by atoms with van der Waals surface area (Å²) in [6, 6.07) is 5.29. The zero-order valence-electron chi connectivity index (χ0n) is 15.1. The second-order valence-corrected chi connectivity index (χ2v) is 7.30. The van der Waals surface area contributed by atoms with Crippen LogP contribution in [0, 0.1) is 5.82 Å². The molecule has 146 valence electrons. The van der Waals surface area contributed by atoms with E-state index < -0.39 is 0 Å². The topological polar surface area (TPSA) is 40.1 Å². The van der Waals surface area contributed by atoms with Gasteiger partial charge in [0.1, 0.15) is 5.82 Å². The van der Waals surface area contributed by atoms with Gasteiger partial charge in [-0.15, -0.1) is 24.0 Å². The lowest BCUT2D eigenvalue weighted by molar-refractivity contribution is 0.0195. The molecule has 2 heterocycles. The third-order valence-electron chi connectivity index (χ3n) is 4.77. The largest absolute Gasteiger partial charge is 0.379 e. The Bertz CT molecular complexity index is 613. The number of halogens is 3. The Labute approximate surface area is 180 Å². The lowest BCUT2D eigenvalue weighted by Gasteiger charge is -2.32. The zero-order valence-corrected chi connectivity index (χ0v) is 19.0. The lowest BCUT2D eigenvalue weighted by atomic mass is 10.2. The standard InChI is InChI=1S/C18H26BrFN4O.HI/c1-2-21-18(22-12-14-11-15(20)3-4-17(14)19)24-6-5-16(13-24)23-7-9-25-10-8-23;/h3-4,11,16H,2,5-10,12-13H2,1H3,(H,21,22);1H. The molecular weight excluding hydrogens is 514 g/mol. The van der Waals surface area contributed by atoms with Gasteiger partial charge in [0, 0.05) is 43.2 Å². The number of likely N-dealkylation sites (tertiary alicyclic amines) is 1. The normalized spacial score (nSPS) is 21.6. The number of morpholine rings is 1. The SMILES string of the molecule is CCNC(=NCc1cc(F)ccc1Br)N1CCC(N2CCOCC2)C1.I. The molecule has 2 aliphatic rings. The minimum absolute atomic E-state index is 0. The fraction of sp³-hybridized carbons (Fsp3) is 0.611. The third kappa shape index (κ3) is 5.77. The molecule has 0 amide bonds. The molecule has 2 fully saturated rings. The minimum atomic E-state index is -0.230. The number of nitrogens with zero attached hydrogens (tertiary/aromatic N) is 3. The van der Waals surface area contributed by atoms with E-state index in [1.54, 1.807) is 6.07 Å². The molecule has 2 saturated heterocycles.